The standard InChI is InChI=1S/C14H24N4O2/c1-13(2,15)12-10-18(17-16-12)11-3-6-20-14(9-11)4-7-19-8-5-14/h10-11H,3-9,15H2,1-2H3. The summed E-state index contributed by atoms with van der Waals surface area (Å²) in [5, 5.41) is 8.50. The molecule has 0 bridgehead atoms. The lowest BCUT2D eigenvalue weighted by atomic mass is 9.84. The van der Waals surface area contributed by atoms with Gasteiger partial charge in [0.15, 0.2) is 0 Å². The van der Waals surface area contributed by atoms with Gasteiger partial charge in [-0.2, -0.15) is 0 Å². The Morgan fingerprint density at radius 2 is 2.10 bits per heavy atom. The summed E-state index contributed by atoms with van der Waals surface area (Å²) in [6.45, 7) is 6.28. The fraction of sp³-hybridized carbons (Fsp3) is 0.857. The molecule has 0 radical (unpaired) electrons. The van der Waals surface area contributed by atoms with Crippen molar-refractivity contribution in [3.05, 3.63) is 11.9 Å². The molecular formula is C14H24N4O2. The average molecular weight is 280 g/mol. The molecule has 6 heteroatoms. The van der Waals surface area contributed by atoms with Crippen molar-refractivity contribution in [1.82, 2.24) is 15.0 Å². The first kappa shape index (κ1) is 14.0. The normalized spacial score (nSPS) is 26.9. The van der Waals surface area contributed by atoms with Crippen LogP contribution in [0.1, 0.15) is 51.3 Å². The van der Waals surface area contributed by atoms with E-state index in [4.69, 9.17) is 15.2 Å². The molecule has 1 aromatic heterocycles. The Morgan fingerprint density at radius 1 is 1.35 bits per heavy atom. The largest absolute Gasteiger partial charge is 0.381 e. The summed E-state index contributed by atoms with van der Waals surface area (Å²) in [6.07, 6.45) is 5.92. The highest BCUT2D eigenvalue weighted by molar-refractivity contribution is 5.06. The molecule has 1 unspecified atom stereocenters. The van der Waals surface area contributed by atoms with Crippen LogP contribution in [0.3, 0.4) is 0 Å². The van der Waals surface area contributed by atoms with Crippen molar-refractivity contribution in [2.24, 2.45) is 5.73 Å². The van der Waals surface area contributed by atoms with Crippen LogP contribution < -0.4 is 5.73 Å². The van der Waals surface area contributed by atoms with Crippen LogP contribution in [-0.4, -0.2) is 40.4 Å². The van der Waals surface area contributed by atoms with Gasteiger partial charge in [0.1, 0.15) is 5.69 Å². The summed E-state index contributed by atoms with van der Waals surface area (Å²) < 4.78 is 13.5. The monoisotopic (exact) mass is 280 g/mol. The zero-order valence-corrected chi connectivity index (χ0v) is 12.3. The number of hydrogen-bond acceptors (Lipinski definition) is 5. The van der Waals surface area contributed by atoms with Gasteiger partial charge in [0, 0.05) is 19.8 Å². The second kappa shape index (κ2) is 5.09. The third-order valence-corrected chi connectivity index (χ3v) is 4.42. The maximum atomic E-state index is 6.08. The summed E-state index contributed by atoms with van der Waals surface area (Å²) in [6, 6.07) is 0.352. The fourth-order valence-corrected chi connectivity index (χ4v) is 3.07. The molecule has 0 amide bonds. The maximum Gasteiger partial charge on any atom is 0.102 e. The molecule has 1 spiro atoms. The van der Waals surface area contributed by atoms with Gasteiger partial charge in [-0.25, -0.2) is 4.68 Å². The highest BCUT2D eigenvalue weighted by Crippen LogP contribution is 2.38. The Kier molecular flexibility index (Phi) is 3.56. The van der Waals surface area contributed by atoms with E-state index in [1.165, 1.54) is 0 Å². The van der Waals surface area contributed by atoms with Crippen LogP contribution in [0.25, 0.3) is 0 Å². The topological polar surface area (TPSA) is 75.2 Å². The molecular weight excluding hydrogens is 256 g/mol. The molecule has 0 aromatic carbocycles. The molecule has 2 aliphatic heterocycles. The minimum absolute atomic E-state index is 0.0223. The fourth-order valence-electron chi connectivity index (χ4n) is 3.07. The van der Waals surface area contributed by atoms with Crippen molar-refractivity contribution in [3.63, 3.8) is 0 Å². The third-order valence-electron chi connectivity index (χ3n) is 4.42. The minimum Gasteiger partial charge on any atom is -0.381 e. The minimum atomic E-state index is -0.445. The molecule has 1 atom stereocenters. The van der Waals surface area contributed by atoms with E-state index in [2.05, 4.69) is 10.3 Å². The smallest absolute Gasteiger partial charge is 0.102 e. The summed E-state index contributed by atoms with van der Waals surface area (Å²) >= 11 is 0. The van der Waals surface area contributed by atoms with Gasteiger partial charge in [0.05, 0.1) is 23.4 Å². The lowest BCUT2D eigenvalue weighted by molar-refractivity contribution is -0.145. The van der Waals surface area contributed by atoms with E-state index in [0.717, 1.165) is 51.2 Å². The highest BCUT2D eigenvalue weighted by Gasteiger charge is 2.40. The van der Waals surface area contributed by atoms with Crippen LogP contribution in [0.4, 0.5) is 0 Å². The first-order valence-corrected chi connectivity index (χ1v) is 7.41. The van der Waals surface area contributed by atoms with Gasteiger partial charge in [-0.05, 0) is 39.5 Å². The van der Waals surface area contributed by atoms with Crippen molar-refractivity contribution < 1.29 is 9.47 Å². The van der Waals surface area contributed by atoms with Crippen LogP contribution in [0.15, 0.2) is 6.20 Å². The van der Waals surface area contributed by atoms with Gasteiger partial charge >= 0.3 is 0 Å². The molecule has 0 saturated carbocycles. The summed E-state index contributed by atoms with van der Waals surface area (Å²) in [5.74, 6) is 0. The van der Waals surface area contributed by atoms with Crippen LogP contribution >= 0.6 is 0 Å². The molecule has 2 N–H and O–H groups in total. The number of rotatable bonds is 2. The van der Waals surface area contributed by atoms with Crippen molar-refractivity contribution in [2.75, 3.05) is 19.8 Å². The Balaban J connectivity index is 1.75. The molecule has 6 nitrogen and oxygen atoms in total. The first-order valence-electron chi connectivity index (χ1n) is 7.41. The van der Waals surface area contributed by atoms with Gasteiger partial charge < -0.3 is 15.2 Å². The van der Waals surface area contributed by atoms with Crippen LogP contribution in [0.5, 0.6) is 0 Å². The van der Waals surface area contributed by atoms with E-state index in [0.29, 0.717) is 6.04 Å². The quantitative estimate of drug-likeness (QED) is 0.885. The van der Waals surface area contributed by atoms with E-state index in [-0.39, 0.29) is 5.60 Å². The Bertz CT molecular complexity index is 454. The maximum absolute atomic E-state index is 6.08. The summed E-state index contributed by atoms with van der Waals surface area (Å²) in [5.41, 5.74) is 6.45. The number of aromatic nitrogens is 3. The molecule has 112 valence electrons. The predicted octanol–water partition coefficient (Wildman–Crippen LogP) is 1.37. The van der Waals surface area contributed by atoms with E-state index < -0.39 is 5.54 Å². The lowest BCUT2D eigenvalue weighted by Crippen LogP contribution is -2.44. The van der Waals surface area contributed by atoms with E-state index >= 15 is 0 Å². The molecule has 1 aromatic rings. The third kappa shape index (κ3) is 2.73. The van der Waals surface area contributed by atoms with Crippen molar-refractivity contribution in [3.8, 4) is 0 Å². The molecule has 3 rings (SSSR count). The Labute approximate surface area is 119 Å². The van der Waals surface area contributed by atoms with Crippen molar-refractivity contribution in [2.45, 2.75) is 56.7 Å². The second-order valence-electron chi connectivity index (χ2n) is 6.60. The molecule has 2 aliphatic rings. The summed E-state index contributed by atoms with van der Waals surface area (Å²) in [4.78, 5) is 0. The molecule has 20 heavy (non-hydrogen) atoms. The van der Waals surface area contributed by atoms with Gasteiger partial charge in [-0.15, -0.1) is 5.10 Å². The SMILES string of the molecule is CC(C)(N)c1cn(C2CCOC3(CCOCC3)C2)nn1. The Morgan fingerprint density at radius 3 is 2.75 bits per heavy atom. The molecule has 2 fully saturated rings. The van der Waals surface area contributed by atoms with Crippen LogP contribution in [-0.2, 0) is 15.0 Å². The van der Waals surface area contributed by atoms with E-state index in [1.54, 1.807) is 0 Å². The van der Waals surface area contributed by atoms with Gasteiger partial charge in [0.2, 0.25) is 0 Å². The zero-order chi connectivity index (χ0) is 14.2. The highest BCUT2D eigenvalue weighted by atomic mass is 16.5. The van der Waals surface area contributed by atoms with E-state index in [9.17, 15) is 0 Å². The Hall–Kier alpha value is -0.980. The van der Waals surface area contributed by atoms with Gasteiger partial charge in [-0.3, -0.25) is 0 Å². The first-order chi connectivity index (χ1) is 9.49. The molecule has 2 saturated heterocycles. The van der Waals surface area contributed by atoms with Gasteiger partial charge in [-0.1, -0.05) is 5.21 Å². The number of hydrogen-bond donors (Lipinski definition) is 1. The zero-order valence-electron chi connectivity index (χ0n) is 12.3. The number of ether oxygens (including phenoxy) is 2. The van der Waals surface area contributed by atoms with Gasteiger partial charge in [0.25, 0.3) is 0 Å². The molecule has 0 aliphatic carbocycles. The lowest BCUT2D eigenvalue weighted by Gasteiger charge is -2.43. The van der Waals surface area contributed by atoms with Crippen molar-refractivity contribution in [1.29, 1.82) is 0 Å². The predicted molar refractivity (Wildman–Crippen MR) is 74.2 cm³/mol. The number of nitrogens with zero attached hydrogens (tertiary/aromatic N) is 3. The van der Waals surface area contributed by atoms with Crippen LogP contribution in [0.2, 0.25) is 0 Å². The average Bonchev–Trinajstić information content (AvgIpc) is 2.89. The van der Waals surface area contributed by atoms with Crippen molar-refractivity contribution >= 4 is 0 Å². The second-order valence-corrected chi connectivity index (χ2v) is 6.60. The summed E-state index contributed by atoms with van der Waals surface area (Å²) in [7, 11) is 0. The number of nitrogens with two attached hydrogens (primary N) is 1. The molecule has 3 heterocycles. The van der Waals surface area contributed by atoms with Crippen LogP contribution in [0, 0.1) is 0 Å². The van der Waals surface area contributed by atoms with E-state index in [1.807, 2.05) is 24.7 Å².